The van der Waals surface area contributed by atoms with Gasteiger partial charge in [0.05, 0.1) is 0 Å². The molecule has 1 rings (SSSR count). The summed E-state index contributed by atoms with van der Waals surface area (Å²) in [6.45, 7) is 0. The molecule has 1 aliphatic heterocycles. The summed E-state index contributed by atoms with van der Waals surface area (Å²) in [6, 6.07) is 0. The van der Waals surface area contributed by atoms with Crippen molar-refractivity contribution in [2.24, 2.45) is 0 Å². The van der Waals surface area contributed by atoms with Crippen LogP contribution in [0.4, 0.5) is 0 Å². The Labute approximate surface area is 86.7 Å². The predicted molar refractivity (Wildman–Crippen MR) is 47.7 cm³/mol. The summed E-state index contributed by atoms with van der Waals surface area (Å²) in [5.41, 5.74) is 0. The zero-order chi connectivity index (χ0) is 10.2. The third kappa shape index (κ3) is 1.66. The van der Waals surface area contributed by atoms with E-state index in [2.05, 4.69) is 0 Å². The molecule has 1 aliphatic rings. The highest BCUT2D eigenvalue weighted by molar-refractivity contribution is 14.1. The molecule has 1 fully saturated rings. The third-order valence-electron chi connectivity index (χ3n) is 1.62. The van der Waals surface area contributed by atoms with Gasteiger partial charge in [0.25, 0.3) is 3.73 Å². The molecule has 2 amide bonds. The number of halogens is 1. The number of carbonyl (C=O) groups excluding carboxylic acids is 2. The number of rotatable bonds is 2. The van der Waals surface area contributed by atoms with Crippen LogP contribution in [-0.4, -0.2) is 36.6 Å². The maximum atomic E-state index is 11.0. The number of carbonyl (C=O) groups is 3. The number of carboxylic acid groups (broad SMARTS) is 1. The standard InChI is InChI=1S/C6H6INO5/c7-6(13,5(11)12)8-3(9)1-2-4(8)10/h13H,1-2H2,(H,11,12). The van der Waals surface area contributed by atoms with Crippen LogP contribution in [-0.2, 0) is 14.4 Å². The van der Waals surface area contributed by atoms with Gasteiger partial charge < -0.3 is 10.2 Å². The highest BCUT2D eigenvalue weighted by Crippen LogP contribution is 2.27. The number of hydrogen-bond acceptors (Lipinski definition) is 4. The zero-order valence-electron chi connectivity index (χ0n) is 6.36. The molecule has 1 atom stereocenters. The molecule has 1 unspecified atom stereocenters. The van der Waals surface area contributed by atoms with Gasteiger partial charge in [-0.3, -0.25) is 9.59 Å². The average Bonchev–Trinajstić information content (AvgIpc) is 2.30. The molecule has 0 saturated carbocycles. The van der Waals surface area contributed by atoms with Gasteiger partial charge in [-0.15, -0.1) is 0 Å². The first kappa shape index (κ1) is 10.4. The van der Waals surface area contributed by atoms with Gasteiger partial charge >= 0.3 is 5.97 Å². The van der Waals surface area contributed by atoms with Gasteiger partial charge in [0.2, 0.25) is 11.8 Å². The minimum absolute atomic E-state index is 0.0442. The number of hydrogen-bond donors (Lipinski definition) is 2. The second-order valence-corrected chi connectivity index (χ2v) is 4.02. The Morgan fingerprint density at radius 1 is 1.38 bits per heavy atom. The van der Waals surface area contributed by atoms with Crippen molar-refractivity contribution in [1.82, 2.24) is 4.90 Å². The lowest BCUT2D eigenvalue weighted by atomic mass is 10.4. The number of likely N-dealkylation sites (tertiary alicyclic amines) is 1. The van der Waals surface area contributed by atoms with Crippen molar-refractivity contribution in [3.8, 4) is 0 Å². The molecular weight excluding hydrogens is 293 g/mol. The Hall–Kier alpha value is -0.700. The lowest BCUT2D eigenvalue weighted by molar-refractivity contribution is -0.170. The number of aliphatic hydroxyl groups is 1. The summed E-state index contributed by atoms with van der Waals surface area (Å²) in [5.74, 6) is -2.95. The summed E-state index contributed by atoms with van der Waals surface area (Å²) in [5, 5.41) is 17.8. The first-order valence-electron chi connectivity index (χ1n) is 3.38. The summed E-state index contributed by atoms with van der Waals surface area (Å²) in [7, 11) is 0. The van der Waals surface area contributed by atoms with Crippen LogP contribution in [0.5, 0.6) is 0 Å². The molecule has 1 heterocycles. The van der Waals surface area contributed by atoms with Crippen LogP contribution in [0.1, 0.15) is 12.8 Å². The molecule has 0 aromatic carbocycles. The van der Waals surface area contributed by atoms with E-state index in [4.69, 9.17) is 5.11 Å². The topological polar surface area (TPSA) is 94.9 Å². The Kier molecular flexibility index (Phi) is 2.57. The summed E-state index contributed by atoms with van der Waals surface area (Å²) < 4.78 is -2.46. The number of alkyl halides is 1. The van der Waals surface area contributed by atoms with Crippen LogP contribution < -0.4 is 0 Å². The zero-order valence-corrected chi connectivity index (χ0v) is 8.52. The number of nitrogens with zero attached hydrogens (tertiary/aromatic N) is 1. The van der Waals surface area contributed by atoms with Crippen molar-refractivity contribution in [2.45, 2.75) is 16.6 Å². The number of aliphatic carboxylic acids is 1. The maximum Gasteiger partial charge on any atom is 0.368 e. The first-order valence-corrected chi connectivity index (χ1v) is 4.46. The number of amides is 2. The molecule has 0 aromatic rings. The molecule has 72 valence electrons. The Morgan fingerprint density at radius 2 is 1.77 bits per heavy atom. The molecule has 0 radical (unpaired) electrons. The van der Waals surface area contributed by atoms with Crippen LogP contribution in [0, 0.1) is 0 Å². The second kappa shape index (κ2) is 3.22. The fourth-order valence-corrected chi connectivity index (χ4v) is 1.54. The summed E-state index contributed by atoms with van der Waals surface area (Å²) in [6.07, 6.45) is -0.0884. The fraction of sp³-hybridized carbons (Fsp3) is 0.500. The maximum absolute atomic E-state index is 11.0. The molecule has 6 nitrogen and oxygen atoms in total. The van der Waals surface area contributed by atoms with Gasteiger partial charge in [-0.25, -0.2) is 9.69 Å². The smallest absolute Gasteiger partial charge is 0.368 e. The molecule has 0 aromatic heterocycles. The normalized spacial score (nSPS) is 21.8. The van der Waals surface area contributed by atoms with Crippen LogP contribution in [0.15, 0.2) is 0 Å². The van der Waals surface area contributed by atoms with Crippen LogP contribution >= 0.6 is 22.6 Å². The van der Waals surface area contributed by atoms with E-state index in [1.165, 1.54) is 0 Å². The van der Waals surface area contributed by atoms with Crippen molar-refractivity contribution in [2.75, 3.05) is 0 Å². The summed E-state index contributed by atoms with van der Waals surface area (Å²) in [4.78, 5) is 32.9. The molecule has 0 spiro atoms. The highest BCUT2D eigenvalue weighted by Gasteiger charge is 2.49. The molecule has 13 heavy (non-hydrogen) atoms. The Balaban J connectivity index is 2.99. The lowest BCUT2D eigenvalue weighted by Crippen LogP contribution is -2.52. The van der Waals surface area contributed by atoms with E-state index in [0.29, 0.717) is 4.90 Å². The SMILES string of the molecule is O=C1CCC(=O)N1C(O)(I)C(=O)O. The van der Waals surface area contributed by atoms with Crippen molar-refractivity contribution < 1.29 is 24.6 Å². The predicted octanol–water partition coefficient (Wildman–Crippen LogP) is -0.699. The van der Waals surface area contributed by atoms with Crippen molar-refractivity contribution in [3.05, 3.63) is 0 Å². The first-order chi connectivity index (χ1) is 5.87. The van der Waals surface area contributed by atoms with Gasteiger partial charge in [0.1, 0.15) is 0 Å². The van der Waals surface area contributed by atoms with Crippen molar-refractivity contribution in [1.29, 1.82) is 0 Å². The fourth-order valence-electron chi connectivity index (χ4n) is 1.00. The van der Waals surface area contributed by atoms with Crippen LogP contribution in [0.3, 0.4) is 0 Å². The van der Waals surface area contributed by atoms with E-state index in [1.54, 1.807) is 0 Å². The van der Waals surface area contributed by atoms with E-state index in [9.17, 15) is 19.5 Å². The monoisotopic (exact) mass is 299 g/mol. The van der Waals surface area contributed by atoms with E-state index < -0.39 is 21.5 Å². The molecule has 1 saturated heterocycles. The van der Waals surface area contributed by atoms with E-state index in [0.717, 1.165) is 22.6 Å². The quantitative estimate of drug-likeness (QED) is 0.304. The van der Waals surface area contributed by atoms with Gasteiger partial charge in [-0.05, 0) is 22.6 Å². The Morgan fingerprint density at radius 3 is 2.08 bits per heavy atom. The second-order valence-electron chi connectivity index (χ2n) is 2.52. The molecule has 2 N–H and O–H groups in total. The summed E-state index contributed by atoms with van der Waals surface area (Å²) >= 11 is 1.14. The number of carboxylic acids is 1. The molecule has 7 heteroatoms. The molecule has 0 bridgehead atoms. The van der Waals surface area contributed by atoms with Crippen molar-refractivity contribution in [3.63, 3.8) is 0 Å². The van der Waals surface area contributed by atoms with E-state index in [1.807, 2.05) is 0 Å². The Bertz CT molecular complexity index is 271. The van der Waals surface area contributed by atoms with E-state index in [-0.39, 0.29) is 12.8 Å². The van der Waals surface area contributed by atoms with Crippen LogP contribution in [0.25, 0.3) is 0 Å². The lowest BCUT2D eigenvalue weighted by Gasteiger charge is -2.25. The van der Waals surface area contributed by atoms with Gasteiger partial charge in [-0.1, -0.05) is 0 Å². The average molecular weight is 299 g/mol. The van der Waals surface area contributed by atoms with Crippen molar-refractivity contribution >= 4 is 40.4 Å². The van der Waals surface area contributed by atoms with Gasteiger partial charge in [0.15, 0.2) is 0 Å². The third-order valence-corrected chi connectivity index (χ3v) is 2.56. The largest absolute Gasteiger partial charge is 0.477 e. The minimum Gasteiger partial charge on any atom is -0.477 e. The van der Waals surface area contributed by atoms with Crippen LogP contribution in [0.2, 0.25) is 0 Å². The van der Waals surface area contributed by atoms with Gasteiger partial charge in [0, 0.05) is 12.8 Å². The molecule has 0 aliphatic carbocycles. The highest BCUT2D eigenvalue weighted by atomic mass is 127. The minimum atomic E-state index is -2.46. The molecular formula is C6H6INO5. The number of imide groups is 1. The van der Waals surface area contributed by atoms with E-state index >= 15 is 0 Å². The van der Waals surface area contributed by atoms with Gasteiger partial charge in [-0.2, -0.15) is 0 Å².